The number of hydrogen-bond donors (Lipinski definition) is 1. The molecule has 0 saturated heterocycles. The second-order valence-electron chi connectivity index (χ2n) is 3.98. The van der Waals surface area contributed by atoms with Crippen LogP contribution < -0.4 is 4.90 Å². The molecule has 0 aliphatic heterocycles. The largest absolute Gasteiger partial charge is 0.469 e. The van der Waals surface area contributed by atoms with E-state index in [4.69, 9.17) is 16.0 Å². The Labute approximate surface area is 110 Å². The van der Waals surface area contributed by atoms with E-state index < -0.39 is 0 Å². The van der Waals surface area contributed by atoms with Gasteiger partial charge in [0, 0.05) is 19.2 Å². The van der Waals surface area contributed by atoms with Crippen LogP contribution in [0.1, 0.15) is 16.9 Å². The third kappa shape index (κ3) is 2.47. The molecule has 0 aliphatic rings. The highest BCUT2D eigenvalue weighted by Gasteiger charge is 2.14. The van der Waals surface area contributed by atoms with E-state index in [0.717, 1.165) is 11.3 Å². The first-order valence-electron chi connectivity index (χ1n) is 5.47. The van der Waals surface area contributed by atoms with Crippen LogP contribution in [0.2, 0.25) is 5.15 Å². The molecule has 96 valence electrons. The number of hydrogen-bond acceptors (Lipinski definition) is 5. The van der Waals surface area contributed by atoms with Crippen molar-refractivity contribution in [2.45, 2.75) is 20.1 Å². The molecule has 0 aliphatic carbocycles. The average molecular weight is 268 g/mol. The number of furan rings is 1. The van der Waals surface area contributed by atoms with Crippen LogP contribution in [-0.4, -0.2) is 22.1 Å². The first-order chi connectivity index (χ1) is 8.63. The quantitative estimate of drug-likeness (QED) is 0.860. The van der Waals surface area contributed by atoms with E-state index >= 15 is 0 Å². The molecule has 0 bridgehead atoms. The van der Waals surface area contributed by atoms with E-state index in [0.29, 0.717) is 17.9 Å². The van der Waals surface area contributed by atoms with Crippen molar-refractivity contribution in [3.05, 3.63) is 40.7 Å². The molecule has 0 unspecified atom stereocenters. The summed E-state index contributed by atoms with van der Waals surface area (Å²) in [6.07, 6.45) is 3.04. The maximum atomic E-state index is 9.32. The molecule has 0 aromatic carbocycles. The van der Waals surface area contributed by atoms with Crippen molar-refractivity contribution < 1.29 is 9.52 Å². The van der Waals surface area contributed by atoms with Crippen molar-refractivity contribution in [2.75, 3.05) is 11.9 Å². The Hall–Kier alpha value is -1.59. The minimum Gasteiger partial charge on any atom is -0.469 e. The first-order valence-corrected chi connectivity index (χ1v) is 5.85. The number of aromatic nitrogens is 2. The minimum absolute atomic E-state index is 0.191. The second-order valence-corrected chi connectivity index (χ2v) is 4.34. The van der Waals surface area contributed by atoms with Crippen molar-refractivity contribution in [1.82, 2.24) is 9.97 Å². The fraction of sp³-hybridized carbons (Fsp3) is 0.333. The summed E-state index contributed by atoms with van der Waals surface area (Å²) in [5.74, 6) is 1.49. The lowest BCUT2D eigenvalue weighted by molar-refractivity contribution is 0.281. The summed E-state index contributed by atoms with van der Waals surface area (Å²) < 4.78 is 5.25. The van der Waals surface area contributed by atoms with Gasteiger partial charge in [-0.2, -0.15) is 0 Å². The van der Waals surface area contributed by atoms with E-state index in [2.05, 4.69) is 9.97 Å². The Morgan fingerprint density at radius 3 is 2.83 bits per heavy atom. The van der Waals surface area contributed by atoms with Crippen molar-refractivity contribution in [1.29, 1.82) is 0 Å². The Balaban J connectivity index is 2.26. The number of rotatable bonds is 4. The van der Waals surface area contributed by atoms with Crippen LogP contribution in [0, 0.1) is 6.92 Å². The lowest BCUT2D eigenvalue weighted by atomic mass is 10.2. The van der Waals surface area contributed by atoms with Gasteiger partial charge in [0.05, 0.1) is 18.4 Å². The normalized spacial score (nSPS) is 10.7. The highest BCUT2D eigenvalue weighted by Crippen LogP contribution is 2.24. The molecule has 0 saturated carbocycles. The van der Waals surface area contributed by atoms with Crippen LogP contribution >= 0.6 is 11.6 Å². The number of nitrogens with zero attached hydrogens (tertiary/aromatic N) is 3. The summed E-state index contributed by atoms with van der Waals surface area (Å²) in [5, 5.41) is 9.60. The van der Waals surface area contributed by atoms with Crippen molar-refractivity contribution >= 4 is 17.4 Å². The molecule has 18 heavy (non-hydrogen) atoms. The Morgan fingerprint density at radius 1 is 1.44 bits per heavy atom. The summed E-state index contributed by atoms with van der Waals surface area (Å²) in [4.78, 5) is 9.92. The van der Waals surface area contributed by atoms with Crippen LogP contribution in [0.25, 0.3) is 0 Å². The van der Waals surface area contributed by atoms with Gasteiger partial charge in [0.15, 0.2) is 0 Å². The van der Waals surface area contributed by atoms with E-state index in [9.17, 15) is 5.11 Å². The third-order valence-corrected chi connectivity index (χ3v) is 3.09. The highest BCUT2D eigenvalue weighted by atomic mass is 35.5. The van der Waals surface area contributed by atoms with E-state index in [1.54, 1.807) is 6.26 Å². The average Bonchev–Trinajstić information content (AvgIpc) is 2.74. The maximum Gasteiger partial charge on any atom is 0.140 e. The van der Waals surface area contributed by atoms with Crippen LogP contribution in [0.4, 0.5) is 5.82 Å². The molecule has 0 amide bonds. The minimum atomic E-state index is -0.191. The number of halogens is 1. The van der Waals surface area contributed by atoms with Gasteiger partial charge in [0.1, 0.15) is 23.1 Å². The molecule has 0 radical (unpaired) electrons. The monoisotopic (exact) mass is 267 g/mol. The number of aliphatic hydroxyl groups is 1. The summed E-state index contributed by atoms with van der Waals surface area (Å²) in [6, 6.07) is 1.91. The SMILES string of the molecule is Cc1occc1CN(C)c1ncnc(Cl)c1CO. The molecule has 6 heteroatoms. The smallest absolute Gasteiger partial charge is 0.140 e. The summed E-state index contributed by atoms with van der Waals surface area (Å²) in [6.45, 7) is 2.34. The molecular formula is C12H14ClN3O2. The summed E-state index contributed by atoms with van der Waals surface area (Å²) in [5.41, 5.74) is 1.60. The van der Waals surface area contributed by atoms with E-state index in [1.165, 1.54) is 6.33 Å². The Kier molecular flexibility index (Phi) is 3.84. The van der Waals surface area contributed by atoms with Gasteiger partial charge in [0.2, 0.25) is 0 Å². The highest BCUT2D eigenvalue weighted by molar-refractivity contribution is 6.30. The predicted octanol–water partition coefficient (Wildman–Crippen LogP) is 2.16. The van der Waals surface area contributed by atoms with Crippen LogP contribution in [0.15, 0.2) is 23.1 Å². The topological polar surface area (TPSA) is 62.4 Å². The number of aliphatic hydroxyl groups excluding tert-OH is 1. The van der Waals surface area contributed by atoms with E-state index in [-0.39, 0.29) is 11.8 Å². The molecule has 0 spiro atoms. The van der Waals surface area contributed by atoms with Gasteiger partial charge in [-0.3, -0.25) is 0 Å². The van der Waals surface area contributed by atoms with Gasteiger partial charge in [0.25, 0.3) is 0 Å². The van der Waals surface area contributed by atoms with Gasteiger partial charge in [-0.1, -0.05) is 11.6 Å². The number of anilines is 1. The van der Waals surface area contributed by atoms with Gasteiger partial charge >= 0.3 is 0 Å². The molecule has 0 fully saturated rings. The van der Waals surface area contributed by atoms with E-state index in [1.807, 2.05) is 24.9 Å². The molecular weight excluding hydrogens is 254 g/mol. The standard InChI is InChI=1S/C12H14ClN3O2/c1-8-9(3-4-18-8)5-16(2)12-10(6-17)11(13)14-7-15-12/h3-4,7,17H,5-6H2,1-2H3. The van der Waals surface area contributed by atoms with Gasteiger partial charge < -0.3 is 14.4 Å². The summed E-state index contributed by atoms with van der Waals surface area (Å²) >= 11 is 5.93. The van der Waals surface area contributed by atoms with Gasteiger partial charge in [-0.05, 0) is 13.0 Å². The third-order valence-electron chi connectivity index (χ3n) is 2.76. The van der Waals surface area contributed by atoms with Gasteiger partial charge in [-0.15, -0.1) is 0 Å². The zero-order valence-corrected chi connectivity index (χ0v) is 11.0. The fourth-order valence-corrected chi connectivity index (χ4v) is 1.94. The Morgan fingerprint density at radius 2 is 2.22 bits per heavy atom. The van der Waals surface area contributed by atoms with Crippen molar-refractivity contribution in [3.8, 4) is 0 Å². The lowest BCUT2D eigenvalue weighted by Gasteiger charge is -2.20. The maximum absolute atomic E-state index is 9.32. The van der Waals surface area contributed by atoms with Crippen molar-refractivity contribution in [2.24, 2.45) is 0 Å². The van der Waals surface area contributed by atoms with Crippen LogP contribution in [0.5, 0.6) is 0 Å². The van der Waals surface area contributed by atoms with Gasteiger partial charge in [-0.25, -0.2) is 9.97 Å². The molecule has 2 aromatic heterocycles. The second kappa shape index (κ2) is 5.37. The zero-order chi connectivity index (χ0) is 13.1. The molecule has 2 aromatic rings. The van der Waals surface area contributed by atoms with Crippen LogP contribution in [-0.2, 0) is 13.2 Å². The van der Waals surface area contributed by atoms with Crippen LogP contribution in [0.3, 0.4) is 0 Å². The lowest BCUT2D eigenvalue weighted by Crippen LogP contribution is -2.20. The molecule has 0 atom stereocenters. The predicted molar refractivity (Wildman–Crippen MR) is 68.5 cm³/mol. The zero-order valence-electron chi connectivity index (χ0n) is 10.2. The molecule has 2 rings (SSSR count). The first kappa shape index (κ1) is 12.9. The number of aryl methyl sites for hydroxylation is 1. The molecule has 1 N–H and O–H groups in total. The molecule has 5 nitrogen and oxygen atoms in total. The Bertz CT molecular complexity index is 542. The fourth-order valence-electron chi connectivity index (χ4n) is 1.75. The van der Waals surface area contributed by atoms with Crippen molar-refractivity contribution in [3.63, 3.8) is 0 Å². The summed E-state index contributed by atoms with van der Waals surface area (Å²) in [7, 11) is 1.88. The molecule has 2 heterocycles.